The molecule has 0 spiro atoms. The summed E-state index contributed by atoms with van der Waals surface area (Å²) in [5, 5.41) is 35.2. The van der Waals surface area contributed by atoms with Crippen LogP contribution in [0.15, 0.2) is 55.4 Å². The van der Waals surface area contributed by atoms with Crippen LogP contribution in [0.2, 0.25) is 0 Å². The first-order valence-corrected chi connectivity index (χ1v) is 18.7. The lowest BCUT2D eigenvalue weighted by Crippen LogP contribution is -2.62. The zero-order valence-corrected chi connectivity index (χ0v) is 32.8. The molecular formula is C37H52N12O10. The van der Waals surface area contributed by atoms with Crippen molar-refractivity contribution in [2.24, 2.45) is 17.4 Å². The van der Waals surface area contributed by atoms with Crippen LogP contribution in [0.25, 0.3) is 0 Å². The van der Waals surface area contributed by atoms with E-state index in [1.54, 1.807) is 44.2 Å². The van der Waals surface area contributed by atoms with E-state index in [1.165, 1.54) is 32.0 Å². The second-order valence-corrected chi connectivity index (χ2v) is 14.1. The predicted octanol–water partition coefficient (Wildman–Crippen LogP) is -3.58. The highest BCUT2D eigenvalue weighted by molar-refractivity contribution is 5.97. The Balaban J connectivity index is 1.92. The Morgan fingerprint density at radius 2 is 1.14 bits per heavy atom. The summed E-state index contributed by atoms with van der Waals surface area (Å²) in [4.78, 5) is 118. The summed E-state index contributed by atoms with van der Waals surface area (Å²) < 4.78 is 0. The molecule has 3 rings (SSSR count). The van der Waals surface area contributed by atoms with Gasteiger partial charge in [-0.2, -0.15) is 0 Å². The largest absolute Gasteiger partial charge is 0.480 e. The Hall–Kier alpha value is -6.68. The average Bonchev–Trinajstić information content (AvgIpc) is 3.91. The zero-order chi connectivity index (χ0) is 43.6. The van der Waals surface area contributed by atoms with Crippen molar-refractivity contribution < 1.29 is 48.6 Å². The number of nitrogens with zero attached hydrogens (tertiary/aromatic N) is 2. The monoisotopic (exact) mass is 824 g/mol. The molecule has 0 aliphatic carbocycles. The second kappa shape index (κ2) is 22.9. The first kappa shape index (κ1) is 46.7. The van der Waals surface area contributed by atoms with Crippen molar-refractivity contribution in [3.05, 3.63) is 72.3 Å². The number of aliphatic hydroxyl groups is 1. The quantitative estimate of drug-likeness (QED) is 0.0416. The number of carboxylic acids is 1. The maximum atomic E-state index is 14.2. The first-order chi connectivity index (χ1) is 28.0. The molecular weight excluding hydrogens is 772 g/mol. The number of primary amides is 1. The van der Waals surface area contributed by atoms with Crippen LogP contribution in [0.4, 0.5) is 0 Å². The molecule has 3 aromatic rings. The maximum Gasteiger partial charge on any atom is 0.326 e. The van der Waals surface area contributed by atoms with E-state index in [9.17, 15) is 48.6 Å². The molecule has 7 atom stereocenters. The van der Waals surface area contributed by atoms with Gasteiger partial charge in [-0.15, -0.1) is 0 Å². The number of aliphatic carboxylic acids is 1. The van der Waals surface area contributed by atoms with Gasteiger partial charge in [0, 0.05) is 49.5 Å². The molecule has 320 valence electrons. The van der Waals surface area contributed by atoms with Gasteiger partial charge in [0.1, 0.15) is 36.3 Å². The molecule has 0 saturated carbocycles. The van der Waals surface area contributed by atoms with Gasteiger partial charge >= 0.3 is 5.97 Å². The number of H-pyrrole nitrogens is 2. The standard InChI is InChI=1S/C37H52N12O10/c1-19(2)30(37(58)59)48-35(56)27(13-23-16-41-18-43-23)46-33(54)25(11-21-7-5-4-6-8-21)45-34(55)26(12-22-15-40-17-42-22)47-36(57)31(20(3)50)49-32(53)24(9-10-28(39)51)44-29(52)14-38/h4-8,15-20,24-27,30-31,50H,9-14,38H2,1-3H3,(H2,39,51)(H,40,42)(H,41,43)(H,44,52)(H,45,55)(H,46,54)(H,47,57)(H,48,56)(H,49,53)(H,58,59)/t20-,24+,25+,26+,27+,30+,31+/m1/s1. The molecule has 0 saturated heterocycles. The molecule has 2 heterocycles. The third-order valence-corrected chi connectivity index (χ3v) is 8.95. The number of aromatic nitrogens is 4. The molecule has 59 heavy (non-hydrogen) atoms. The number of amides is 7. The highest BCUT2D eigenvalue weighted by Crippen LogP contribution is 2.10. The van der Waals surface area contributed by atoms with Gasteiger partial charge in [0.05, 0.1) is 25.3 Å². The Labute approximate surface area is 338 Å². The number of hydrogen-bond donors (Lipinski definition) is 12. The van der Waals surface area contributed by atoms with E-state index >= 15 is 0 Å². The highest BCUT2D eigenvalue weighted by Gasteiger charge is 2.35. The molecule has 0 aliphatic rings. The minimum Gasteiger partial charge on any atom is -0.480 e. The number of nitrogens with two attached hydrogens (primary N) is 2. The third kappa shape index (κ3) is 15.3. The van der Waals surface area contributed by atoms with Crippen LogP contribution < -0.4 is 43.4 Å². The minimum atomic E-state index is -1.70. The summed E-state index contributed by atoms with van der Waals surface area (Å²) >= 11 is 0. The van der Waals surface area contributed by atoms with Crippen LogP contribution in [0.3, 0.4) is 0 Å². The number of imidazole rings is 2. The van der Waals surface area contributed by atoms with Gasteiger partial charge in [0.25, 0.3) is 0 Å². The number of hydrogen-bond acceptors (Lipinski definition) is 12. The zero-order valence-electron chi connectivity index (χ0n) is 32.8. The van der Waals surface area contributed by atoms with E-state index < -0.39 is 102 Å². The number of carbonyl (C=O) groups excluding carboxylic acids is 7. The third-order valence-electron chi connectivity index (χ3n) is 8.95. The van der Waals surface area contributed by atoms with Crippen LogP contribution in [0.5, 0.6) is 0 Å². The normalized spacial score (nSPS) is 14.6. The number of benzene rings is 1. The summed E-state index contributed by atoms with van der Waals surface area (Å²) in [6.45, 7) is 3.92. The summed E-state index contributed by atoms with van der Waals surface area (Å²) in [5.74, 6) is -7.83. The summed E-state index contributed by atoms with van der Waals surface area (Å²) in [5.41, 5.74) is 12.0. The number of nitrogens with one attached hydrogen (secondary N) is 8. The summed E-state index contributed by atoms with van der Waals surface area (Å²) in [6.07, 6.45) is 2.95. The van der Waals surface area contributed by atoms with Gasteiger partial charge in [-0.3, -0.25) is 33.6 Å². The average molecular weight is 825 g/mol. The van der Waals surface area contributed by atoms with E-state index in [-0.39, 0.29) is 32.1 Å². The molecule has 0 radical (unpaired) electrons. The van der Waals surface area contributed by atoms with Gasteiger partial charge in [-0.05, 0) is 24.8 Å². The molecule has 2 aromatic heterocycles. The Bertz CT molecular complexity index is 1870. The van der Waals surface area contributed by atoms with Gasteiger partial charge in [-0.25, -0.2) is 14.8 Å². The van der Waals surface area contributed by atoms with E-state index in [1.807, 2.05) is 0 Å². The lowest BCUT2D eigenvalue weighted by molar-refractivity contribution is -0.143. The topological polar surface area (TPSA) is 359 Å². The Morgan fingerprint density at radius 3 is 1.58 bits per heavy atom. The summed E-state index contributed by atoms with van der Waals surface area (Å²) in [7, 11) is 0. The Morgan fingerprint density at radius 1 is 0.661 bits per heavy atom. The van der Waals surface area contributed by atoms with Crippen molar-refractivity contribution in [2.75, 3.05) is 6.54 Å². The lowest BCUT2D eigenvalue weighted by Gasteiger charge is -2.28. The van der Waals surface area contributed by atoms with Gasteiger partial charge in [-0.1, -0.05) is 44.2 Å². The van der Waals surface area contributed by atoms with E-state index in [0.29, 0.717) is 17.0 Å². The van der Waals surface area contributed by atoms with E-state index in [0.717, 1.165) is 0 Å². The molecule has 22 nitrogen and oxygen atoms in total. The predicted molar refractivity (Wildman–Crippen MR) is 208 cm³/mol. The fraction of sp³-hybridized carbons (Fsp3) is 0.459. The fourth-order valence-electron chi connectivity index (χ4n) is 5.75. The number of rotatable bonds is 24. The van der Waals surface area contributed by atoms with Crippen molar-refractivity contribution >= 4 is 47.3 Å². The smallest absolute Gasteiger partial charge is 0.326 e. The number of aliphatic hydroxyl groups excluding tert-OH is 1. The number of aromatic amines is 2. The fourth-order valence-corrected chi connectivity index (χ4v) is 5.75. The van der Waals surface area contributed by atoms with Crippen LogP contribution >= 0.6 is 0 Å². The molecule has 0 bridgehead atoms. The molecule has 0 fully saturated rings. The van der Waals surface area contributed by atoms with Crippen LogP contribution in [0.1, 0.15) is 50.6 Å². The SMILES string of the molecule is CC(C)[C@H](NC(=O)[C@H](Cc1cnc[nH]1)NC(=O)[C@H](Cc1ccccc1)NC(=O)[C@H](Cc1cnc[nH]1)NC(=O)[C@@H](NC(=O)[C@H](CCC(N)=O)NC(=O)CN)[C@@H](C)O)C(=O)O. The van der Waals surface area contributed by atoms with Gasteiger partial charge < -0.3 is 63.5 Å². The van der Waals surface area contributed by atoms with Gasteiger partial charge in [0.2, 0.25) is 41.4 Å². The first-order valence-electron chi connectivity index (χ1n) is 18.7. The number of carbonyl (C=O) groups is 8. The van der Waals surface area contributed by atoms with Gasteiger partial charge in [0.15, 0.2) is 0 Å². The van der Waals surface area contributed by atoms with Crippen molar-refractivity contribution in [1.29, 1.82) is 0 Å². The lowest BCUT2D eigenvalue weighted by atomic mass is 10.0. The number of carboxylic acid groups (broad SMARTS) is 1. The van der Waals surface area contributed by atoms with Crippen molar-refractivity contribution in [2.45, 2.75) is 95.2 Å². The van der Waals surface area contributed by atoms with Crippen LogP contribution in [-0.4, -0.2) is 126 Å². The maximum absolute atomic E-state index is 14.2. The van der Waals surface area contributed by atoms with Crippen LogP contribution in [-0.2, 0) is 57.6 Å². The van der Waals surface area contributed by atoms with E-state index in [4.69, 9.17) is 11.5 Å². The molecule has 7 amide bonds. The van der Waals surface area contributed by atoms with Crippen molar-refractivity contribution in [3.8, 4) is 0 Å². The van der Waals surface area contributed by atoms with Crippen molar-refractivity contribution in [3.63, 3.8) is 0 Å². The summed E-state index contributed by atoms with van der Waals surface area (Å²) in [6, 6.07) is 0.0383. The van der Waals surface area contributed by atoms with Crippen LogP contribution in [0, 0.1) is 5.92 Å². The molecule has 0 unspecified atom stereocenters. The highest BCUT2D eigenvalue weighted by atomic mass is 16.4. The molecule has 0 aliphatic heterocycles. The molecule has 22 heteroatoms. The second-order valence-electron chi connectivity index (χ2n) is 14.1. The minimum absolute atomic E-state index is 0.0984. The van der Waals surface area contributed by atoms with E-state index in [2.05, 4.69) is 51.8 Å². The van der Waals surface area contributed by atoms with Crippen molar-refractivity contribution in [1.82, 2.24) is 51.8 Å². The Kier molecular flexibility index (Phi) is 18.1. The molecule has 14 N–H and O–H groups in total. The molecule has 1 aromatic carbocycles.